The Balaban J connectivity index is 1.78. The number of aromatic nitrogens is 2. The number of hydrogen-bond donors (Lipinski definition) is 2. The summed E-state index contributed by atoms with van der Waals surface area (Å²) >= 11 is 1.83. The van der Waals surface area contributed by atoms with E-state index in [0.29, 0.717) is 13.1 Å². The van der Waals surface area contributed by atoms with Crippen molar-refractivity contribution in [2.75, 3.05) is 18.4 Å². The predicted octanol–water partition coefficient (Wildman–Crippen LogP) is 3.71. The molecule has 0 aromatic carbocycles. The quantitative estimate of drug-likeness (QED) is 0.798. The molecule has 0 radical (unpaired) electrons. The van der Waals surface area contributed by atoms with Gasteiger partial charge in [0, 0.05) is 29.8 Å². The van der Waals surface area contributed by atoms with E-state index >= 15 is 0 Å². The molecule has 3 rings (SSSR count). The minimum Gasteiger partial charge on any atom is -0.368 e. The lowest BCUT2D eigenvalue weighted by Gasteiger charge is -2.18. The summed E-state index contributed by atoms with van der Waals surface area (Å²) in [6, 6.07) is 0. The number of aryl methyl sites for hydroxylation is 3. The number of thiophene rings is 1. The number of nitrogens with one attached hydrogen (secondary N) is 2. The number of amides is 1. The van der Waals surface area contributed by atoms with Crippen molar-refractivity contribution in [3.8, 4) is 0 Å². The topological polar surface area (TPSA) is 66.9 Å². The molecule has 0 unspecified atom stereocenters. The van der Waals surface area contributed by atoms with E-state index in [1.54, 1.807) is 0 Å². The smallest absolute Gasteiger partial charge is 0.225 e. The standard InChI is InChI=1S/C19H28N4OS/c1-5-14-22-16(20-10-11-21-18(24)19(2,3)4)15-12-8-6-7-9-13(12)25-17(15)23-14/h5-11H2,1-4H3,(H,21,24)(H,20,22,23). The van der Waals surface area contributed by atoms with Crippen LogP contribution in [0.4, 0.5) is 5.82 Å². The molecular weight excluding hydrogens is 332 g/mol. The van der Waals surface area contributed by atoms with E-state index in [4.69, 9.17) is 9.97 Å². The first-order chi connectivity index (χ1) is 11.9. The number of hydrogen-bond acceptors (Lipinski definition) is 5. The van der Waals surface area contributed by atoms with E-state index in [0.717, 1.165) is 29.3 Å². The lowest BCUT2D eigenvalue weighted by Crippen LogP contribution is -2.37. The van der Waals surface area contributed by atoms with Gasteiger partial charge in [0.05, 0.1) is 5.39 Å². The summed E-state index contributed by atoms with van der Waals surface area (Å²) in [6.07, 6.45) is 5.64. The highest BCUT2D eigenvalue weighted by molar-refractivity contribution is 7.19. The van der Waals surface area contributed by atoms with E-state index in [1.807, 2.05) is 32.1 Å². The van der Waals surface area contributed by atoms with Crippen LogP contribution in [0, 0.1) is 5.41 Å². The maximum absolute atomic E-state index is 12.0. The molecule has 2 N–H and O–H groups in total. The Morgan fingerprint density at radius 3 is 2.64 bits per heavy atom. The van der Waals surface area contributed by atoms with Crippen LogP contribution in [0.15, 0.2) is 0 Å². The number of rotatable bonds is 5. The van der Waals surface area contributed by atoms with E-state index < -0.39 is 0 Å². The van der Waals surface area contributed by atoms with E-state index in [9.17, 15) is 4.79 Å². The monoisotopic (exact) mass is 360 g/mol. The summed E-state index contributed by atoms with van der Waals surface area (Å²) in [7, 11) is 0. The Bertz CT molecular complexity index is 776. The second-order valence-electron chi connectivity index (χ2n) is 7.67. The van der Waals surface area contributed by atoms with Gasteiger partial charge in [-0.25, -0.2) is 9.97 Å². The lowest BCUT2D eigenvalue weighted by molar-refractivity contribution is -0.128. The first-order valence-electron chi connectivity index (χ1n) is 9.23. The third-order valence-electron chi connectivity index (χ3n) is 4.56. The molecule has 0 aliphatic heterocycles. The van der Waals surface area contributed by atoms with Gasteiger partial charge in [-0.15, -0.1) is 11.3 Å². The average Bonchev–Trinajstić information content (AvgIpc) is 2.95. The summed E-state index contributed by atoms with van der Waals surface area (Å²) in [5.74, 6) is 1.89. The molecule has 1 amide bonds. The molecular formula is C19H28N4OS. The highest BCUT2D eigenvalue weighted by atomic mass is 32.1. The Labute approximate surface area is 153 Å². The van der Waals surface area contributed by atoms with Crippen LogP contribution in [0.3, 0.4) is 0 Å². The van der Waals surface area contributed by atoms with Crippen molar-refractivity contribution in [1.82, 2.24) is 15.3 Å². The van der Waals surface area contributed by atoms with Crippen LogP contribution < -0.4 is 10.6 Å². The number of carbonyl (C=O) groups excluding carboxylic acids is 1. The molecule has 0 fully saturated rings. The largest absolute Gasteiger partial charge is 0.368 e. The van der Waals surface area contributed by atoms with Crippen molar-refractivity contribution in [3.63, 3.8) is 0 Å². The van der Waals surface area contributed by atoms with Crippen molar-refractivity contribution in [3.05, 3.63) is 16.3 Å². The van der Waals surface area contributed by atoms with Crippen LogP contribution in [0.25, 0.3) is 10.2 Å². The molecule has 0 atom stereocenters. The van der Waals surface area contributed by atoms with Crippen molar-refractivity contribution in [2.45, 2.75) is 59.8 Å². The second-order valence-corrected chi connectivity index (χ2v) is 8.75. The van der Waals surface area contributed by atoms with Gasteiger partial charge in [0.15, 0.2) is 0 Å². The van der Waals surface area contributed by atoms with Crippen molar-refractivity contribution < 1.29 is 4.79 Å². The molecule has 136 valence electrons. The van der Waals surface area contributed by atoms with Crippen LogP contribution in [0.2, 0.25) is 0 Å². The lowest BCUT2D eigenvalue weighted by atomic mass is 9.96. The summed E-state index contributed by atoms with van der Waals surface area (Å²) in [6.45, 7) is 9.12. The molecule has 2 aromatic heterocycles. The van der Waals surface area contributed by atoms with Gasteiger partial charge in [0.2, 0.25) is 5.91 Å². The maximum atomic E-state index is 12.0. The third kappa shape index (κ3) is 3.94. The number of anilines is 1. The van der Waals surface area contributed by atoms with Crippen LogP contribution in [-0.4, -0.2) is 29.0 Å². The maximum Gasteiger partial charge on any atom is 0.225 e. The third-order valence-corrected chi connectivity index (χ3v) is 5.75. The fraction of sp³-hybridized carbons (Fsp3) is 0.632. The number of fused-ring (bicyclic) bond motifs is 3. The zero-order chi connectivity index (χ0) is 18.0. The second kappa shape index (κ2) is 7.28. The molecule has 2 heterocycles. The molecule has 1 aliphatic carbocycles. The SMILES string of the molecule is CCc1nc(NCCNC(=O)C(C)(C)C)c2c3c(sc2n1)CCCC3. The van der Waals surface area contributed by atoms with E-state index in [-0.39, 0.29) is 11.3 Å². The number of nitrogens with zero attached hydrogens (tertiary/aromatic N) is 2. The average molecular weight is 361 g/mol. The molecule has 0 saturated carbocycles. The molecule has 0 saturated heterocycles. The van der Waals surface area contributed by atoms with Crippen LogP contribution in [-0.2, 0) is 24.1 Å². The molecule has 1 aliphatic rings. The molecule has 6 heteroatoms. The summed E-state index contributed by atoms with van der Waals surface area (Å²) in [5.41, 5.74) is 1.08. The molecule has 0 spiro atoms. The van der Waals surface area contributed by atoms with Gasteiger partial charge in [-0.1, -0.05) is 27.7 Å². The van der Waals surface area contributed by atoms with Gasteiger partial charge in [0.1, 0.15) is 16.5 Å². The summed E-state index contributed by atoms with van der Waals surface area (Å²) in [4.78, 5) is 24.0. The molecule has 0 bridgehead atoms. The van der Waals surface area contributed by atoms with Gasteiger partial charge in [-0.2, -0.15) is 0 Å². The minimum absolute atomic E-state index is 0.0734. The van der Waals surface area contributed by atoms with Crippen molar-refractivity contribution in [1.29, 1.82) is 0 Å². The van der Waals surface area contributed by atoms with E-state index in [2.05, 4.69) is 17.6 Å². The first-order valence-corrected chi connectivity index (χ1v) is 10.0. The van der Waals surface area contributed by atoms with Gasteiger partial charge in [-0.3, -0.25) is 4.79 Å². The van der Waals surface area contributed by atoms with Gasteiger partial charge >= 0.3 is 0 Å². The highest BCUT2D eigenvalue weighted by Gasteiger charge is 2.22. The zero-order valence-corrected chi connectivity index (χ0v) is 16.5. The van der Waals surface area contributed by atoms with Crippen molar-refractivity contribution in [2.24, 2.45) is 5.41 Å². The fourth-order valence-electron chi connectivity index (χ4n) is 3.11. The molecule has 25 heavy (non-hydrogen) atoms. The molecule has 2 aromatic rings. The molecule has 5 nitrogen and oxygen atoms in total. The van der Waals surface area contributed by atoms with Crippen LogP contribution >= 0.6 is 11.3 Å². The van der Waals surface area contributed by atoms with Crippen molar-refractivity contribution >= 4 is 33.3 Å². The Kier molecular flexibility index (Phi) is 5.27. The first kappa shape index (κ1) is 18.1. The van der Waals surface area contributed by atoms with Crippen LogP contribution in [0.1, 0.15) is 56.8 Å². The van der Waals surface area contributed by atoms with Gasteiger partial charge < -0.3 is 10.6 Å². The normalized spacial score (nSPS) is 14.4. The zero-order valence-electron chi connectivity index (χ0n) is 15.7. The number of carbonyl (C=O) groups is 1. The van der Waals surface area contributed by atoms with E-state index in [1.165, 1.54) is 35.1 Å². The predicted molar refractivity (Wildman–Crippen MR) is 104 cm³/mol. The Hall–Kier alpha value is -1.69. The summed E-state index contributed by atoms with van der Waals surface area (Å²) in [5, 5.41) is 7.64. The fourth-order valence-corrected chi connectivity index (χ4v) is 4.39. The minimum atomic E-state index is -0.357. The highest BCUT2D eigenvalue weighted by Crippen LogP contribution is 2.38. The Morgan fingerprint density at radius 2 is 1.92 bits per heavy atom. The Morgan fingerprint density at radius 1 is 1.16 bits per heavy atom. The van der Waals surface area contributed by atoms with Gasteiger partial charge in [0.25, 0.3) is 0 Å². The summed E-state index contributed by atoms with van der Waals surface area (Å²) < 4.78 is 0. The van der Waals surface area contributed by atoms with Gasteiger partial charge in [-0.05, 0) is 31.2 Å². The van der Waals surface area contributed by atoms with Crippen LogP contribution in [0.5, 0.6) is 0 Å².